The number of carbonyl (C=O) groups excluding carboxylic acids is 1. The molecule has 0 saturated heterocycles. The van der Waals surface area contributed by atoms with Crippen LogP contribution in [0.4, 0.5) is 0 Å². The van der Waals surface area contributed by atoms with E-state index in [1.807, 2.05) is 43.3 Å². The topological polar surface area (TPSA) is 33.2 Å². The van der Waals surface area contributed by atoms with Crippen LogP contribution in [-0.4, -0.2) is 22.3 Å². The molecule has 0 radical (unpaired) electrons. The first-order valence-corrected chi connectivity index (χ1v) is 7.18. The van der Waals surface area contributed by atoms with Crippen molar-refractivity contribution in [1.29, 1.82) is 0 Å². The summed E-state index contributed by atoms with van der Waals surface area (Å²) >= 11 is 5.97. The SMILES string of the molecule is CCN(Cc1cccc(Cl)c1)C(=O)/C=C/c1cccnc1. The van der Waals surface area contributed by atoms with E-state index in [1.165, 1.54) is 0 Å². The van der Waals surface area contributed by atoms with Crippen LogP contribution in [0.1, 0.15) is 18.1 Å². The van der Waals surface area contributed by atoms with Crippen LogP contribution in [0.3, 0.4) is 0 Å². The van der Waals surface area contributed by atoms with E-state index in [0.29, 0.717) is 18.1 Å². The number of carbonyl (C=O) groups is 1. The maximum Gasteiger partial charge on any atom is 0.246 e. The molecular formula is C17H17ClN2O. The number of hydrogen-bond donors (Lipinski definition) is 0. The second kappa shape index (κ2) is 7.60. The lowest BCUT2D eigenvalue weighted by molar-refractivity contribution is -0.126. The number of pyridine rings is 1. The third-order valence-electron chi connectivity index (χ3n) is 3.06. The summed E-state index contributed by atoms with van der Waals surface area (Å²) in [4.78, 5) is 18.0. The van der Waals surface area contributed by atoms with E-state index in [0.717, 1.165) is 11.1 Å². The molecule has 1 amide bonds. The van der Waals surface area contributed by atoms with Crippen LogP contribution in [0, 0.1) is 0 Å². The Hall–Kier alpha value is -2.13. The van der Waals surface area contributed by atoms with E-state index in [-0.39, 0.29) is 5.91 Å². The van der Waals surface area contributed by atoms with Crippen LogP contribution in [0.15, 0.2) is 54.9 Å². The van der Waals surface area contributed by atoms with Crippen molar-refractivity contribution in [1.82, 2.24) is 9.88 Å². The van der Waals surface area contributed by atoms with Crippen molar-refractivity contribution in [2.75, 3.05) is 6.54 Å². The van der Waals surface area contributed by atoms with Crippen molar-refractivity contribution in [3.05, 3.63) is 71.0 Å². The fraction of sp³-hybridized carbons (Fsp3) is 0.176. The molecule has 0 aliphatic rings. The van der Waals surface area contributed by atoms with Gasteiger partial charge in [-0.2, -0.15) is 0 Å². The van der Waals surface area contributed by atoms with Gasteiger partial charge >= 0.3 is 0 Å². The first-order chi connectivity index (χ1) is 10.2. The van der Waals surface area contributed by atoms with E-state index in [2.05, 4.69) is 4.98 Å². The summed E-state index contributed by atoms with van der Waals surface area (Å²) in [6, 6.07) is 11.3. The number of rotatable bonds is 5. The van der Waals surface area contributed by atoms with Gasteiger partial charge < -0.3 is 4.90 Å². The second-order valence-corrected chi connectivity index (χ2v) is 5.04. The van der Waals surface area contributed by atoms with Gasteiger partial charge in [0.05, 0.1) is 0 Å². The molecule has 2 rings (SSSR count). The number of hydrogen-bond acceptors (Lipinski definition) is 2. The average Bonchev–Trinajstić information content (AvgIpc) is 2.51. The molecule has 0 unspecified atom stereocenters. The van der Waals surface area contributed by atoms with Crippen LogP contribution in [0.25, 0.3) is 6.08 Å². The van der Waals surface area contributed by atoms with Crippen LogP contribution < -0.4 is 0 Å². The standard InChI is InChI=1S/C17H17ClN2O/c1-2-20(13-15-5-3-7-16(18)11-15)17(21)9-8-14-6-4-10-19-12-14/h3-12H,2,13H2,1H3/b9-8+. The summed E-state index contributed by atoms with van der Waals surface area (Å²) in [5, 5.41) is 0.682. The fourth-order valence-corrected chi connectivity index (χ4v) is 2.16. The number of likely N-dealkylation sites (N-methyl/N-ethyl adjacent to an activating group) is 1. The van der Waals surface area contributed by atoms with Crippen LogP contribution in [0.5, 0.6) is 0 Å². The molecule has 1 aromatic heterocycles. The number of amides is 1. The fourth-order valence-electron chi connectivity index (χ4n) is 1.95. The Bertz CT molecular complexity index is 626. The van der Waals surface area contributed by atoms with E-state index in [9.17, 15) is 4.79 Å². The number of nitrogens with zero attached hydrogens (tertiary/aromatic N) is 2. The third-order valence-corrected chi connectivity index (χ3v) is 3.29. The lowest BCUT2D eigenvalue weighted by atomic mass is 10.2. The lowest BCUT2D eigenvalue weighted by Gasteiger charge is -2.19. The number of halogens is 1. The van der Waals surface area contributed by atoms with Gasteiger partial charge in [0.25, 0.3) is 0 Å². The molecule has 2 aromatic rings. The molecule has 0 atom stereocenters. The smallest absolute Gasteiger partial charge is 0.246 e. The van der Waals surface area contributed by atoms with Gasteiger partial charge in [0.1, 0.15) is 0 Å². The van der Waals surface area contributed by atoms with Gasteiger partial charge in [0.2, 0.25) is 5.91 Å². The van der Waals surface area contributed by atoms with Crippen molar-refractivity contribution in [2.24, 2.45) is 0 Å². The van der Waals surface area contributed by atoms with Gasteiger partial charge in [-0.15, -0.1) is 0 Å². The Morgan fingerprint density at radius 3 is 2.86 bits per heavy atom. The van der Waals surface area contributed by atoms with Crippen molar-refractivity contribution >= 4 is 23.6 Å². The molecule has 4 heteroatoms. The average molecular weight is 301 g/mol. The zero-order valence-corrected chi connectivity index (χ0v) is 12.6. The molecule has 0 N–H and O–H groups in total. The molecule has 0 spiro atoms. The first kappa shape index (κ1) is 15.3. The highest BCUT2D eigenvalue weighted by Crippen LogP contribution is 2.13. The highest BCUT2D eigenvalue weighted by molar-refractivity contribution is 6.30. The maximum atomic E-state index is 12.2. The van der Waals surface area contributed by atoms with Crippen LogP contribution in [0.2, 0.25) is 5.02 Å². The van der Waals surface area contributed by atoms with E-state index in [4.69, 9.17) is 11.6 Å². The van der Waals surface area contributed by atoms with Gasteiger partial charge in [0.15, 0.2) is 0 Å². The minimum atomic E-state index is -0.0265. The quantitative estimate of drug-likeness (QED) is 0.787. The molecule has 3 nitrogen and oxygen atoms in total. The molecule has 0 saturated carbocycles. The maximum absolute atomic E-state index is 12.2. The largest absolute Gasteiger partial charge is 0.335 e. The van der Waals surface area contributed by atoms with Crippen molar-refractivity contribution in [2.45, 2.75) is 13.5 Å². The minimum absolute atomic E-state index is 0.0265. The predicted molar refractivity (Wildman–Crippen MR) is 85.8 cm³/mol. The third kappa shape index (κ3) is 4.72. The van der Waals surface area contributed by atoms with E-state index >= 15 is 0 Å². The van der Waals surface area contributed by atoms with E-state index < -0.39 is 0 Å². The summed E-state index contributed by atoms with van der Waals surface area (Å²) in [7, 11) is 0. The van der Waals surface area contributed by atoms with Crippen molar-refractivity contribution < 1.29 is 4.79 Å². The molecular weight excluding hydrogens is 284 g/mol. The van der Waals surface area contributed by atoms with Crippen LogP contribution >= 0.6 is 11.6 Å². The van der Waals surface area contributed by atoms with Gasteiger partial charge in [0, 0.05) is 36.6 Å². The van der Waals surface area contributed by atoms with Crippen LogP contribution in [-0.2, 0) is 11.3 Å². The highest BCUT2D eigenvalue weighted by atomic mass is 35.5. The number of benzene rings is 1. The van der Waals surface area contributed by atoms with Gasteiger partial charge in [-0.05, 0) is 42.3 Å². The number of aromatic nitrogens is 1. The Morgan fingerprint density at radius 1 is 1.33 bits per heavy atom. The zero-order valence-electron chi connectivity index (χ0n) is 11.9. The Kier molecular flexibility index (Phi) is 5.52. The van der Waals surface area contributed by atoms with Gasteiger partial charge in [-0.25, -0.2) is 0 Å². The predicted octanol–water partition coefficient (Wildman–Crippen LogP) is 3.80. The van der Waals surface area contributed by atoms with Gasteiger partial charge in [-0.1, -0.05) is 29.8 Å². The summed E-state index contributed by atoms with van der Waals surface area (Å²) < 4.78 is 0. The Morgan fingerprint density at radius 2 is 2.19 bits per heavy atom. The normalized spacial score (nSPS) is 10.8. The minimum Gasteiger partial charge on any atom is -0.335 e. The second-order valence-electron chi connectivity index (χ2n) is 4.60. The lowest BCUT2D eigenvalue weighted by Crippen LogP contribution is -2.28. The summed E-state index contributed by atoms with van der Waals surface area (Å²) in [5.41, 5.74) is 1.93. The molecule has 0 fully saturated rings. The Balaban J connectivity index is 2.03. The Labute approximate surface area is 129 Å². The summed E-state index contributed by atoms with van der Waals surface area (Å²) in [6.45, 7) is 3.15. The molecule has 0 aliphatic carbocycles. The van der Waals surface area contributed by atoms with Gasteiger partial charge in [-0.3, -0.25) is 9.78 Å². The summed E-state index contributed by atoms with van der Waals surface area (Å²) in [5.74, 6) is -0.0265. The monoisotopic (exact) mass is 300 g/mol. The molecule has 1 aromatic carbocycles. The first-order valence-electron chi connectivity index (χ1n) is 6.80. The van der Waals surface area contributed by atoms with Crippen molar-refractivity contribution in [3.8, 4) is 0 Å². The molecule has 1 heterocycles. The summed E-state index contributed by atoms with van der Waals surface area (Å²) in [6.07, 6.45) is 6.77. The molecule has 0 aliphatic heterocycles. The van der Waals surface area contributed by atoms with Crippen molar-refractivity contribution in [3.63, 3.8) is 0 Å². The molecule has 108 valence electrons. The highest BCUT2D eigenvalue weighted by Gasteiger charge is 2.09. The zero-order chi connectivity index (χ0) is 15.1. The van der Waals surface area contributed by atoms with E-state index in [1.54, 1.807) is 29.4 Å². The molecule has 21 heavy (non-hydrogen) atoms. The molecule has 0 bridgehead atoms.